The van der Waals surface area contributed by atoms with Crippen LogP contribution < -0.4 is 10.6 Å². The Morgan fingerprint density at radius 1 is 0.556 bits per heavy atom. The van der Waals surface area contributed by atoms with E-state index in [0.717, 1.165) is 75.8 Å². The second-order valence-electron chi connectivity index (χ2n) is 9.02. The maximum Gasteiger partial charge on any atom is 0.195 e. The van der Waals surface area contributed by atoms with Crippen molar-refractivity contribution in [3.8, 4) is 0 Å². The van der Waals surface area contributed by atoms with E-state index in [0.29, 0.717) is 0 Å². The highest BCUT2D eigenvalue weighted by Crippen LogP contribution is 2.25. The summed E-state index contributed by atoms with van der Waals surface area (Å²) in [5, 5.41) is 11.2. The van der Waals surface area contributed by atoms with Gasteiger partial charge in [-0.05, 0) is 98.7 Å². The van der Waals surface area contributed by atoms with E-state index in [4.69, 9.17) is 0 Å². The molecule has 0 fully saturated rings. The van der Waals surface area contributed by atoms with E-state index < -0.39 is 0 Å². The van der Waals surface area contributed by atoms with Crippen LogP contribution in [-0.2, 0) is 25.7 Å². The Kier molecular flexibility index (Phi) is 10.9. The molecule has 0 unspecified atom stereocenters. The van der Waals surface area contributed by atoms with Gasteiger partial charge in [0.25, 0.3) is 0 Å². The Balaban J connectivity index is 1.17. The predicted molar refractivity (Wildman–Crippen MR) is 155 cm³/mol. The van der Waals surface area contributed by atoms with Crippen LogP contribution in [0.4, 0.5) is 0 Å². The lowest BCUT2D eigenvalue weighted by atomic mass is 10.0. The molecule has 2 N–H and O–H groups in total. The number of carbonyl (C=O) groups excluding carboxylic acids is 1. The summed E-state index contributed by atoms with van der Waals surface area (Å²) in [6, 6.07) is 25.3. The molecule has 5 heteroatoms. The van der Waals surface area contributed by atoms with Gasteiger partial charge < -0.3 is 10.6 Å². The zero-order valence-electron chi connectivity index (χ0n) is 20.9. The fraction of sp³-hybridized carbons (Fsp3) is 0.323. The highest BCUT2D eigenvalue weighted by atomic mass is 32.1. The number of thiophene rings is 2. The van der Waals surface area contributed by atoms with Gasteiger partial charge in [-0.1, -0.05) is 60.7 Å². The number of aryl methyl sites for hydroxylation is 2. The predicted octanol–water partition coefficient (Wildman–Crippen LogP) is 6.57. The highest BCUT2D eigenvalue weighted by molar-refractivity contribution is 7.11. The molecule has 188 valence electrons. The highest BCUT2D eigenvalue weighted by Gasteiger charge is 2.18. The second kappa shape index (κ2) is 14.9. The minimum atomic E-state index is 0.177. The number of benzene rings is 2. The van der Waals surface area contributed by atoms with Gasteiger partial charge in [0.05, 0.1) is 0 Å². The zero-order chi connectivity index (χ0) is 24.8. The lowest BCUT2D eigenvalue weighted by molar-refractivity contribution is 0.103. The minimum Gasteiger partial charge on any atom is -0.316 e. The van der Waals surface area contributed by atoms with E-state index in [1.54, 1.807) is 22.7 Å². The summed E-state index contributed by atoms with van der Waals surface area (Å²) in [5.41, 5.74) is 4.53. The van der Waals surface area contributed by atoms with Crippen molar-refractivity contribution in [2.45, 2.75) is 38.5 Å². The lowest BCUT2D eigenvalue weighted by Gasteiger charge is -2.08. The average molecular weight is 517 g/mol. The fourth-order valence-corrected chi connectivity index (χ4v) is 6.15. The first kappa shape index (κ1) is 26.5. The Labute approximate surface area is 223 Å². The Bertz CT molecular complexity index is 1080. The quantitative estimate of drug-likeness (QED) is 0.131. The Morgan fingerprint density at radius 2 is 1.00 bits per heavy atom. The van der Waals surface area contributed by atoms with Gasteiger partial charge in [0.15, 0.2) is 5.78 Å². The summed E-state index contributed by atoms with van der Waals surface area (Å²) in [6.07, 6.45) is 6.23. The van der Waals surface area contributed by atoms with Crippen molar-refractivity contribution >= 4 is 28.5 Å². The number of carbonyl (C=O) groups is 1. The molecule has 0 aliphatic carbocycles. The molecule has 0 radical (unpaired) electrons. The van der Waals surface area contributed by atoms with E-state index in [1.807, 2.05) is 12.1 Å². The summed E-state index contributed by atoms with van der Waals surface area (Å²) in [7, 11) is 0. The normalized spacial score (nSPS) is 11.1. The number of hydrogen-bond acceptors (Lipinski definition) is 5. The summed E-state index contributed by atoms with van der Waals surface area (Å²) in [5.74, 6) is 0.177. The third-order valence-electron chi connectivity index (χ3n) is 6.36. The maximum absolute atomic E-state index is 13.4. The van der Waals surface area contributed by atoms with E-state index in [1.165, 1.54) is 20.9 Å². The molecule has 0 aliphatic rings. The van der Waals surface area contributed by atoms with Gasteiger partial charge >= 0.3 is 0 Å². The SMILES string of the molecule is O=C(c1ccsc1CCNCCCc1ccccc1)c1ccsc1CCNCCCc1ccccc1. The number of nitrogens with one attached hydrogen (secondary N) is 2. The maximum atomic E-state index is 13.4. The van der Waals surface area contributed by atoms with Crippen LogP contribution in [0.25, 0.3) is 0 Å². The first-order valence-corrected chi connectivity index (χ1v) is 14.7. The molecule has 0 atom stereocenters. The van der Waals surface area contributed by atoms with Crippen molar-refractivity contribution in [3.05, 3.63) is 116 Å². The average Bonchev–Trinajstić information content (AvgIpc) is 3.59. The molecule has 3 nitrogen and oxygen atoms in total. The molecule has 2 aromatic carbocycles. The summed E-state index contributed by atoms with van der Waals surface area (Å²) < 4.78 is 0. The van der Waals surface area contributed by atoms with E-state index in [2.05, 4.69) is 82.1 Å². The third kappa shape index (κ3) is 8.24. The van der Waals surface area contributed by atoms with Crippen molar-refractivity contribution in [2.75, 3.05) is 26.2 Å². The molecule has 0 amide bonds. The van der Waals surface area contributed by atoms with Crippen LogP contribution in [0, 0.1) is 0 Å². The molecule has 0 saturated heterocycles. The fourth-order valence-electron chi connectivity index (χ4n) is 4.40. The number of hydrogen-bond donors (Lipinski definition) is 2. The molecular weight excluding hydrogens is 480 g/mol. The van der Waals surface area contributed by atoms with E-state index >= 15 is 0 Å². The largest absolute Gasteiger partial charge is 0.316 e. The van der Waals surface area contributed by atoms with Crippen molar-refractivity contribution in [2.24, 2.45) is 0 Å². The van der Waals surface area contributed by atoms with Crippen LogP contribution in [0.1, 0.15) is 49.6 Å². The van der Waals surface area contributed by atoms with Crippen LogP contribution in [0.3, 0.4) is 0 Å². The van der Waals surface area contributed by atoms with Gasteiger partial charge in [-0.25, -0.2) is 0 Å². The van der Waals surface area contributed by atoms with Gasteiger partial charge in [0, 0.05) is 20.9 Å². The third-order valence-corrected chi connectivity index (χ3v) is 8.32. The molecule has 0 bridgehead atoms. The molecule has 0 aliphatic heterocycles. The van der Waals surface area contributed by atoms with E-state index in [9.17, 15) is 4.79 Å². The van der Waals surface area contributed by atoms with Crippen LogP contribution >= 0.6 is 22.7 Å². The summed E-state index contributed by atoms with van der Waals surface area (Å²) in [4.78, 5) is 15.7. The van der Waals surface area contributed by atoms with Gasteiger partial charge in [0.1, 0.15) is 0 Å². The molecule has 0 spiro atoms. The van der Waals surface area contributed by atoms with E-state index in [-0.39, 0.29) is 5.78 Å². The molecule has 2 heterocycles. The molecule has 4 rings (SSSR count). The number of rotatable bonds is 16. The molecule has 36 heavy (non-hydrogen) atoms. The molecule has 0 saturated carbocycles. The topological polar surface area (TPSA) is 41.1 Å². The second-order valence-corrected chi connectivity index (χ2v) is 11.0. The van der Waals surface area contributed by atoms with Crippen molar-refractivity contribution < 1.29 is 4.79 Å². The summed E-state index contributed by atoms with van der Waals surface area (Å²) in [6.45, 7) is 3.80. The first-order valence-electron chi connectivity index (χ1n) is 13.0. The Morgan fingerprint density at radius 3 is 1.44 bits per heavy atom. The minimum absolute atomic E-state index is 0.177. The molecule has 4 aromatic rings. The smallest absolute Gasteiger partial charge is 0.195 e. The van der Waals surface area contributed by atoms with Gasteiger partial charge in [0.2, 0.25) is 0 Å². The Hall–Kier alpha value is -2.57. The van der Waals surface area contributed by atoms with Gasteiger partial charge in [-0.3, -0.25) is 4.79 Å². The van der Waals surface area contributed by atoms with Crippen molar-refractivity contribution in [3.63, 3.8) is 0 Å². The zero-order valence-corrected chi connectivity index (χ0v) is 22.5. The van der Waals surface area contributed by atoms with Crippen LogP contribution in [0.15, 0.2) is 83.6 Å². The number of ketones is 1. The standard InChI is InChI=1S/C31H36N2OS2/c34-31(27-17-23-35-29(27)15-21-32-19-7-13-25-9-3-1-4-10-25)28-18-24-36-30(28)16-22-33-20-8-14-26-11-5-2-6-12-26/h1-6,9-12,17-18,23-24,32-33H,7-8,13-16,19-22H2. The van der Waals surface area contributed by atoms with Crippen LogP contribution in [0.2, 0.25) is 0 Å². The van der Waals surface area contributed by atoms with Crippen molar-refractivity contribution in [1.29, 1.82) is 0 Å². The van der Waals surface area contributed by atoms with Gasteiger partial charge in [-0.15, -0.1) is 22.7 Å². The van der Waals surface area contributed by atoms with Gasteiger partial charge in [-0.2, -0.15) is 0 Å². The van der Waals surface area contributed by atoms with Crippen LogP contribution in [0.5, 0.6) is 0 Å². The summed E-state index contributed by atoms with van der Waals surface area (Å²) >= 11 is 3.39. The van der Waals surface area contributed by atoms with Crippen LogP contribution in [-0.4, -0.2) is 32.0 Å². The van der Waals surface area contributed by atoms with Crippen molar-refractivity contribution in [1.82, 2.24) is 10.6 Å². The molecular formula is C31H36N2OS2. The first-order chi connectivity index (χ1) is 17.8. The monoisotopic (exact) mass is 516 g/mol. The lowest BCUT2D eigenvalue weighted by Crippen LogP contribution is -2.20. The molecule has 2 aromatic heterocycles.